The van der Waals surface area contributed by atoms with Crippen molar-refractivity contribution in [2.45, 2.75) is 145 Å². The van der Waals surface area contributed by atoms with Crippen LogP contribution in [0.25, 0.3) is 0 Å². The molecule has 2 heterocycles. The third-order valence-electron chi connectivity index (χ3n) is 7.46. The van der Waals surface area contributed by atoms with Crippen LogP contribution in [0, 0.1) is 9.81 Å². The van der Waals surface area contributed by atoms with E-state index in [4.69, 9.17) is 50.2 Å². The van der Waals surface area contributed by atoms with Gasteiger partial charge in [0, 0.05) is 24.8 Å². The molecule has 0 atom stereocenters. The summed E-state index contributed by atoms with van der Waals surface area (Å²) in [7, 11) is 25.4. The fraction of sp³-hybridized carbons (Fsp3) is 0.737. The number of hydrogen-bond donors (Lipinski definition) is 0. The zero-order valence-electron chi connectivity index (χ0n) is 34.0. The fourth-order valence-corrected chi connectivity index (χ4v) is 10.2. The van der Waals surface area contributed by atoms with E-state index >= 15 is 0 Å². The number of rotatable bonds is 22. The topological polar surface area (TPSA) is 84.6 Å². The number of halogens is 5. The molecule has 6 nitrogen and oxygen atoms in total. The van der Waals surface area contributed by atoms with Gasteiger partial charge in [-0.15, -0.1) is 15.8 Å². The van der Waals surface area contributed by atoms with E-state index in [1.807, 2.05) is 49.1 Å². The van der Waals surface area contributed by atoms with Gasteiger partial charge in [-0.25, -0.2) is 0 Å². The van der Waals surface area contributed by atoms with E-state index in [0.29, 0.717) is 15.8 Å². The molecular weight excluding hydrogens is 888 g/mol. The van der Waals surface area contributed by atoms with E-state index in [-0.39, 0.29) is 0 Å². The summed E-state index contributed by atoms with van der Waals surface area (Å²) in [6, 6.07) is 8.11. The molecule has 0 fully saturated rings. The van der Waals surface area contributed by atoms with Crippen LogP contribution in [0.5, 0.6) is 0 Å². The second-order valence-electron chi connectivity index (χ2n) is 12.0. The molecule has 313 valence electrons. The number of nitrogens with zero attached hydrogens (tertiary/aromatic N) is 4. The third kappa shape index (κ3) is 52.9. The van der Waals surface area contributed by atoms with E-state index in [1.165, 1.54) is 88.2 Å². The van der Waals surface area contributed by atoms with Crippen LogP contribution in [0.2, 0.25) is 0 Å². The average Bonchev–Trinajstić information content (AvgIpc) is 3.18. The standard InChI is InChI=1S/2C12H27P.2C7H9N.5ClH.2Cr.2NO/c2*1-4-7-10-13(11-8-5-2)12-9-6-3;2*1-2-7-3-5-8-6-4-7;;;;;;;;2*1-2/h2*4-12H2,1-3H3;2*3-6H,2H2,1H3;5*1H;;;;/q;;;;;;;;;+3;+4;2*-1/p-5. The van der Waals surface area contributed by atoms with Crippen molar-refractivity contribution in [3.63, 3.8) is 0 Å². The monoisotopic (exact) mass is 957 g/mol. The summed E-state index contributed by atoms with van der Waals surface area (Å²) in [5.41, 5.74) is 2.69. The molecule has 0 aliphatic rings. The summed E-state index contributed by atoms with van der Waals surface area (Å²) < 4.78 is 4.19. The Morgan fingerprint density at radius 1 is 0.509 bits per heavy atom. The molecule has 15 heteroatoms. The SMILES string of the molecule is CCCCP(CCCC)CCCC.CCCCP(CCCC)CCCC.CCc1ccncc1.CCc1ccncc1.O=[N][Cr]([Cl])([Cl])[N]=O.[Cl][Cr]([Cl])[Cl]. The Balaban J connectivity index is -0.000000281. The van der Waals surface area contributed by atoms with Crippen molar-refractivity contribution < 1.29 is 23.1 Å². The Morgan fingerprint density at radius 2 is 0.717 bits per heavy atom. The van der Waals surface area contributed by atoms with Gasteiger partial charge >= 0.3 is 91.4 Å². The molecule has 0 aliphatic carbocycles. The Kier molecular flexibility index (Phi) is 56.0. The van der Waals surface area contributed by atoms with Crippen LogP contribution in [-0.4, -0.2) is 46.9 Å². The van der Waals surface area contributed by atoms with Crippen molar-refractivity contribution >= 4 is 66.1 Å². The number of unbranched alkanes of at least 4 members (excludes halogenated alkanes) is 6. The number of aromatic nitrogens is 2. The van der Waals surface area contributed by atoms with Gasteiger partial charge in [0.15, 0.2) is 0 Å². The molecular formula is C38H72Cl5Cr2N4O2P2. The molecule has 0 saturated carbocycles. The quantitative estimate of drug-likeness (QED) is 0.0869. The molecule has 0 radical (unpaired) electrons. The summed E-state index contributed by atoms with van der Waals surface area (Å²) in [6.45, 7) is 18.1. The van der Waals surface area contributed by atoms with Crippen LogP contribution in [-0.2, 0) is 35.9 Å². The van der Waals surface area contributed by atoms with Crippen molar-refractivity contribution in [1.29, 1.82) is 0 Å². The van der Waals surface area contributed by atoms with Gasteiger partial charge in [-0.1, -0.05) is 93.9 Å². The molecule has 53 heavy (non-hydrogen) atoms. The van der Waals surface area contributed by atoms with Gasteiger partial charge in [-0.2, -0.15) is 0 Å². The molecule has 0 aromatic carbocycles. The summed E-state index contributed by atoms with van der Waals surface area (Å²) >= 11 is -5.35. The van der Waals surface area contributed by atoms with E-state index < -0.39 is 23.1 Å². The molecule has 0 aliphatic heterocycles. The molecule has 0 saturated heterocycles. The third-order valence-corrected chi connectivity index (χ3v) is 14.6. The molecule has 0 N–H and O–H groups in total. The normalized spacial score (nSPS) is 10.6. The minimum absolute atomic E-state index is 0.422. The average molecular weight is 960 g/mol. The van der Waals surface area contributed by atoms with Gasteiger partial charge in [0.25, 0.3) is 0 Å². The number of nitroso groups, excluding NO2 is 2. The van der Waals surface area contributed by atoms with Crippen molar-refractivity contribution in [3.05, 3.63) is 70.0 Å². The van der Waals surface area contributed by atoms with E-state index in [1.54, 1.807) is 37.0 Å². The summed E-state index contributed by atoms with van der Waals surface area (Å²) in [5.74, 6) is 0. The Hall–Kier alpha value is 0.875. The maximum absolute atomic E-state index is 9.32. The first kappa shape index (κ1) is 60.6. The first-order valence-corrected chi connectivity index (χ1v) is 33.0. The molecule has 2 aromatic rings. The van der Waals surface area contributed by atoms with Gasteiger partial charge in [0.2, 0.25) is 0 Å². The van der Waals surface area contributed by atoms with E-state index in [0.717, 1.165) is 12.8 Å². The van der Waals surface area contributed by atoms with Crippen LogP contribution in [0.1, 0.15) is 144 Å². The first-order chi connectivity index (χ1) is 25.4. The number of aryl methyl sites for hydroxylation is 2. The van der Waals surface area contributed by atoms with Crippen LogP contribution in [0.4, 0.5) is 0 Å². The van der Waals surface area contributed by atoms with Crippen LogP contribution >= 0.6 is 66.1 Å². The summed E-state index contributed by atoms with van der Waals surface area (Å²) in [4.78, 5) is 26.4. The second-order valence-corrected chi connectivity index (χ2v) is 29.6. The summed E-state index contributed by atoms with van der Waals surface area (Å²) in [5, 5.41) is 0. The molecule has 0 unspecified atom stereocenters. The Labute approximate surface area is 356 Å². The Bertz CT molecular complexity index is 885. The zero-order valence-corrected chi connectivity index (χ0v) is 42.1. The van der Waals surface area contributed by atoms with Gasteiger partial charge in [0.1, 0.15) is 0 Å². The Morgan fingerprint density at radius 3 is 0.830 bits per heavy atom. The van der Waals surface area contributed by atoms with Crippen molar-refractivity contribution in [2.75, 3.05) is 37.0 Å². The van der Waals surface area contributed by atoms with E-state index in [9.17, 15) is 9.81 Å². The fourth-order valence-electron chi connectivity index (χ4n) is 4.21. The molecule has 0 amide bonds. The van der Waals surface area contributed by atoms with Crippen LogP contribution < -0.4 is 0 Å². The van der Waals surface area contributed by atoms with Gasteiger partial charge < -0.3 is 0 Å². The van der Waals surface area contributed by atoms with Crippen molar-refractivity contribution in [2.24, 2.45) is 8.32 Å². The van der Waals surface area contributed by atoms with Crippen LogP contribution in [0.15, 0.2) is 57.4 Å². The van der Waals surface area contributed by atoms with E-state index in [2.05, 4.69) is 73.7 Å². The van der Waals surface area contributed by atoms with Crippen molar-refractivity contribution in [3.8, 4) is 0 Å². The molecule has 0 bridgehead atoms. The first-order valence-electron chi connectivity index (χ1n) is 19.3. The van der Waals surface area contributed by atoms with Gasteiger partial charge in [-0.3, -0.25) is 9.97 Å². The maximum atomic E-state index is 9.32. The van der Waals surface area contributed by atoms with Crippen molar-refractivity contribution in [1.82, 2.24) is 9.97 Å². The second kappa shape index (κ2) is 49.0. The van der Waals surface area contributed by atoms with Gasteiger partial charge in [-0.05, 0) is 124 Å². The number of pyridine rings is 2. The number of hydrogen-bond acceptors (Lipinski definition) is 6. The summed E-state index contributed by atoms with van der Waals surface area (Å²) in [6.07, 6.45) is 35.9. The van der Waals surface area contributed by atoms with Crippen LogP contribution in [0.3, 0.4) is 0 Å². The zero-order chi connectivity index (χ0) is 41.0. The van der Waals surface area contributed by atoms with Gasteiger partial charge in [0.05, 0.1) is 0 Å². The predicted octanol–water partition coefficient (Wildman–Crippen LogP) is 16.9. The molecule has 0 spiro atoms. The molecule has 2 rings (SSSR count). The molecule has 2 aromatic heterocycles. The minimum atomic E-state index is -3.72. The predicted molar refractivity (Wildman–Crippen MR) is 241 cm³/mol.